The van der Waals surface area contributed by atoms with Crippen LogP contribution in [0.2, 0.25) is 0 Å². The fourth-order valence-corrected chi connectivity index (χ4v) is 3.87. The van der Waals surface area contributed by atoms with E-state index in [2.05, 4.69) is 37.6 Å². The molecule has 1 aliphatic rings. The molecule has 1 saturated heterocycles. The Kier molecular flexibility index (Phi) is 5.41. The predicted molar refractivity (Wildman–Crippen MR) is 87.6 cm³/mol. The van der Waals surface area contributed by atoms with E-state index in [9.17, 15) is 0 Å². The van der Waals surface area contributed by atoms with Gasteiger partial charge in [0.25, 0.3) is 0 Å². The third kappa shape index (κ3) is 3.15. The predicted octanol–water partition coefficient (Wildman–Crippen LogP) is 2.65. The summed E-state index contributed by atoms with van der Waals surface area (Å²) in [6.07, 6.45) is 2.32. The van der Waals surface area contributed by atoms with Crippen LogP contribution in [0.5, 0.6) is 0 Å². The lowest BCUT2D eigenvalue weighted by molar-refractivity contribution is 0.213. The van der Waals surface area contributed by atoms with Gasteiger partial charge in [0, 0.05) is 37.1 Å². The first kappa shape index (κ1) is 15.7. The fourth-order valence-electron chi connectivity index (χ4n) is 2.77. The van der Waals surface area contributed by atoms with Crippen molar-refractivity contribution in [3.05, 3.63) is 10.6 Å². The number of rotatable bonds is 5. The van der Waals surface area contributed by atoms with Crippen LogP contribution in [0.1, 0.15) is 50.1 Å². The van der Waals surface area contributed by atoms with E-state index >= 15 is 0 Å². The molecule has 114 valence electrons. The van der Waals surface area contributed by atoms with E-state index in [4.69, 9.17) is 10.7 Å². The first-order valence-electron chi connectivity index (χ1n) is 7.75. The molecule has 2 N–H and O–H groups in total. The summed E-state index contributed by atoms with van der Waals surface area (Å²) in [5, 5.41) is 1.17. The van der Waals surface area contributed by atoms with Gasteiger partial charge in [-0.15, -0.1) is 11.3 Å². The van der Waals surface area contributed by atoms with E-state index in [1.807, 2.05) is 0 Å². The highest BCUT2D eigenvalue weighted by Crippen LogP contribution is 2.32. The minimum Gasteiger partial charge on any atom is -0.345 e. The Labute approximate surface area is 127 Å². The Balaban J connectivity index is 2.18. The lowest BCUT2D eigenvalue weighted by Crippen LogP contribution is -2.51. The van der Waals surface area contributed by atoms with Crippen LogP contribution >= 0.6 is 11.3 Å². The van der Waals surface area contributed by atoms with Gasteiger partial charge in [-0.25, -0.2) is 4.98 Å². The normalized spacial score (nSPS) is 22.2. The zero-order chi connectivity index (χ0) is 14.7. The van der Waals surface area contributed by atoms with Crippen molar-refractivity contribution >= 4 is 16.5 Å². The van der Waals surface area contributed by atoms with Gasteiger partial charge in [-0.1, -0.05) is 20.8 Å². The number of nitrogens with two attached hydrogens (primary N) is 1. The highest BCUT2D eigenvalue weighted by atomic mass is 32.1. The molecule has 0 saturated carbocycles. The van der Waals surface area contributed by atoms with Crippen molar-refractivity contribution in [3.63, 3.8) is 0 Å². The minimum atomic E-state index is 0.507. The maximum atomic E-state index is 5.91. The molecule has 1 aromatic heterocycles. The van der Waals surface area contributed by atoms with Crippen LogP contribution in [0.25, 0.3) is 0 Å². The van der Waals surface area contributed by atoms with Crippen molar-refractivity contribution in [2.75, 3.05) is 31.6 Å². The maximum absolute atomic E-state index is 5.91. The number of anilines is 1. The Morgan fingerprint density at radius 2 is 2.15 bits per heavy atom. The Bertz CT molecular complexity index is 432. The fraction of sp³-hybridized carbons (Fsp3) is 0.800. The van der Waals surface area contributed by atoms with E-state index in [1.54, 1.807) is 11.3 Å². The molecule has 1 aliphatic heterocycles. The number of aromatic nitrogens is 1. The third-order valence-electron chi connectivity index (χ3n) is 4.50. The molecule has 4 nitrogen and oxygen atoms in total. The second kappa shape index (κ2) is 6.87. The smallest absolute Gasteiger partial charge is 0.185 e. The van der Waals surface area contributed by atoms with Gasteiger partial charge in [0.1, 0.15) is 0 Å². The summed E-state index contributed by atoms with van der Waals surface area (Å²) >= 11 is 1.79. The zero-order valence-corrected chi connectivity index (χ0v) is 14.0. The molecule has 0 aromatic carbocycles. The maximum Gasteiger partial charge on any atom is 0.185 e. The van der Waals surface area contributed by atoms with Crippen LogP contribution in [0.15, 0.2) is 0 Å². The van der Waals surface area contributed by atoms with Crippen molar-refractivity contribution in [2.24, 2.45) is 5.73 Å². The van der Waals surface area contributed by atoms with Crippen molar-refractivity contribution < 1.29 is 0 Å². The molecule has 2 heterocycles. The second-order valence-electron chi connectivity index (χ2n) is 5.81. The zero-order valence-electron chi connectivity index (χ0n) is 13.2. The van der Waals surface area contributed by atoms with Gasteiger partial charge in [0.05, 0.1) is 5.69 Å². The molecule has 2 atom stereocenters. The van der Waals surface area contributed by atoms with E-state index in [-0.39, 0.29) is 0 Å². The van der Waals surface area contributed by atoms with Crippen molar-refractivity contribution in [1.29, 1.82) is 0 Å². The molecule has 1 fully saturated rings. The van der Waals surface area contributed by atoms with Crippen molar-refractivity contribution in [1.82, 2.24) is 9.88 Å². The average molecular weight is 296 g/mol. The van der Waals surface area contributed by atoms with E-state index in [0.29, 0.717) is 18.5 Å². The summed E-state index contributed by atoms with van der Waals surface area (Å²) in [5.74, 6) is 0.507. The summed E-state index contributed by atoms with van der Waals surface area (Å²) in [5.41, 5.74) is 7.13. The lowest BCUT2D eigenvalue weighted by Gasteiger charge is -2.39. The summed E-state index contributed by atoms with van der Waals surface area (Å²) in [4.78, 5) is 11.1. The molecule has 0 aliphatic carbocycles. The molecule has 5 heteroatoms. The Hall–Kier alpha value is -0.650. The van der Waals surface area contributed by atoms with Gasteiger partial charge >= 0.3 is 0 Å². The quantitative estimate of drug-likeness (QED) is 0.907. The second-order valence-corrected chi connectivity index (χ2v) is 6.87. The summed E-state index contributed by atoms with van der Waals surface area (Å²) in [6.45, 7) is 10.6. The number of hydrogen-bond donors (Lipinski definition) is 1. The van der Waals surface area contributed by atoms with Gasteiger partial charge in [-0.3, -0.25) is 4.90 Å². The number of hydrogen-bond acceptors (Lipinski definition) is 5. The third-order valence-corrected chi connectivity index (χ3v) is 5.65. The van der Waals surface area contributed by atoms with E-state index < -0.39 is 0 Å². The summed E-state index contributed by atoms with van der Waals surface area (Å²) < 4.78 is 0. The highest BCUT2D eigenvalue weighted by molar-refractivity contribution is 7.15. The molecule has 0 amide bonds. The van der Waals surface area contributed by atoms with E-state index in [1.165, 1.54) is 22.1 Å². The molecule has 2 rings (SSSR count). The van der Waals surface area contributed by atoms with Gasteiger partial charge in [-0.2, -0.15) is 0 Å². The standard InChI is InChI=1S/C15H28N4S/c1-5-11(3)14-13(9-16)20-15(17-14)19-8-7-18(4)12(6-2)10-19/h11-12H,5-10,16H2,1-4H3. The van der Waals surface area contributed by atoms with Crippen LogP contribution in [-0.2, 0) is 6.54 Å². The lowest BCUT2D eigenvalue weighted by atomic mass is 10.0. The minimum absolute atomic E-state index is 0.507. The summed E-state index contributed by atoms with van der Waals surface area (Å²) in [6, 6.07) is 0.640. The van der Waals surface area contributed by atoms with Crippen molar-refractivity contribution in [3.8, 4) is 0 Å². The first-order valence-corrected chi connectivity index (χ1v) is 8.57. The Morgan fingerprint density at radius 3 is 2.75 bits per heavy atom. The topological polar surface area (TPSA) is 45.4 Å². The molecule has 1 aromatic rings. The Morgan fingerprint density at radius 1 is 1.40 bits per heavy atom. The van der Waals surface area contributed by atoms with Gasteiger partial charge in [0.15, 0.2) is 5.13 Å². The largest absolute Gasteiger partial charge is 0.345 e. The average Bonchev–Trinajstić information content (AvgIpc) is 2.91. The highest BCUT2D eigenvalue weighted by Gasteiger charge is 2.26. The molecule has 0 bridgehead atoms. The van der Waals surface area contributed by atoms with Gasteiger partial charge in [-0.05, 0) is 25.8 Å². The molecule has 0 radical (unpaired) electrons. The van der Waals surface area contributed by atoms with Crippen LogP contribution in [-0.4, -0.2) is 42.6 Å². The van der Waals surface area contributed by atoms with Crippen LogP contribution < -0.4 is 10.6 Å². The SMILES string of the molecule is CCC(C)c1nc(N2CCN(C)C(CC)C2)sc1CN. The molecule has 20 heavy (non-hydrogen) atoms. The number of thiazole rings is 1. The molecule has 2 unspecified atom stereocenters. The number of nitrogens with zero attached hydrogens (tertiary/aromatic N) is 3. The summed E-state index contributed by atoms with van der Waals surface area (Å²) in [7, 11) is 2.23. The van der Waals surface area contributed by atoms with Crippen molar-refractivity contribution in [2.45, 2.75) is 52.1 Å². The number of piperazine rings is 1. The molecular weight excluding hydrogens is 268 g/mol. The van der Waals surface area contributed by atoms with E-state index in [0.717, 1.165) is 26.1 Å². The van der Waals surface area contributed by atoms with Crippen LogP contribution in [0.4, 0.5) is 5.13 Å². The number of likely N-dealkylation sites (N-methyl/N-ethyl adjacent to an activating group) is 1. The first-order chi connectivity index (χ1) is 9.60. The molecular formula is C15H28N4S. The monoisotopic (exact) mass is 296 g/mol. The van der Waals surface area contributed by atoms with Crippen LogP contribution in [0, 0.1) is 0 Å². The molecule has 0 spiro atoms. The van der Waals surface area contributed by atoms with Crippen LogP contribution in [0.3, 0.4) is 0 Å². The van der Waals surface area contributed by atoms with Gasteiger partial charge in [0.2, 0.25) is 0 Å². The van der Waals surface area contributed by atoms with Gasteiger partial charge < -0.3 is 10.6 Å².